The number of benzene rings is 4. The largest absolute Gasteiger partial charge is 0.314 e. The van der Waals surface area contributed by atoms with Crippen molar-refractivity contribution in [3.8, 4) is 0 Å². The van der Waals surface area contributed by atoms with E-state index in [0.29, 0.717) is 12.1 Å². The Labute approximate surface area is 214 Å². The van der Waals surface area contributed by atoms with Gasteiger partial charge >= 0.3 is 0 Å². The Kier molecular flexibility index (Phi) is 10.1. The zero-order chi connectivity index (χ0) is 21.6. The molecular weight excluding hydrogens is 463 g/mol. The van der Waals surface area contributed by atoms with Crippen LogP contribution >= 0.6 is 24.8 Å². The number of nitrogens with one attached hydrogen (secondary N) is 4. The number of hydrogen-bond donors (Lipinski definition) is 4. The van der Waals surface area contributed by atoms with Crippen LogP contribution in [0.3, 0.4) is 0 Å². The Bertz CT molecular complexity index is 1070. The molecule has 2 saturated heterocycles. The standard InChI is InChI=1S/2C14H16N2.2ClH/c2*1-2-6-12-11(4-1)5-3-7-13(12)14-10-15-8-9-16-14;;/h2*1-7,14-16H,8-10H2;2*1H. The van der Waals surface area contributed by atoms with Crippen molar-refractivity contribution in [2.75, 3.05) is 39.3 Å². The van der Waals surface area contributed by atoms with E-state index in [9.17, 15) is 0 Å². The summed E-state index contributed by atoms with van der Waals surface area (Å²) in [6, 6.07) is 31.2. The van der Waals surface area contributed by atoms with E-state index in [-0.39, 0.29) is 24.8 Å². The first-order valence-corrected chi connectivity index (χ1v) is 11.7. The molecule has 4 aromatic carbocycles. The molecule has 180 valence electrons. The van der Waals surface area contributed by atoms with Gasteiger partial charge in [-0.25, -0.2) is 0 Å². The van der Waals surface area contributed by atoms with Crippen molar-refractivity contribution in [2.45, 2.75) is 12.1 Å². The maximum absolute atomic E-state index is 3.57. The second-order valence-electron chi connectivity index (χ2n) is 8.56. The van der Waals surface area contributed by atoms with Crippen LogP contribution in [0.4, 0.5) is 0 Å². The number of piperazine rings is 2. The lowest BCUT2D eigenvalue weighted by atomic mass is 9.98. The lowest BCUT2D eigenvalue weighted by molar-refractivity contribution is 0.432. The molecule has 34 heavy (non-hydrogen) atoms. The van der Waals surface area contributed by atoms with Gasteiger partial charge in [0, 0.05) is 51.4 Å². The van der Waals surface area contributed by atoms with Crippen molar-refractivity contribution in [2.24, 2.45) is 0 Å². The van der Waals surface area contributed by atoms with E-state index in [0.717, 1.165) is 39.3 Å². The zero-order valence-electron chi connectivity index (χ0n) is 19.3. The molecule has 0 saturated carbocycles. The third-order valence-electron chi connectivity index (χ3n) is 6.48. The van der Waals surface area contributed by atoms with Gasteiger partial charge in [0.15, 0.2) is 0 Å². The Morgan fingerprint density at radius 2 is 0.882 bits per heavy atom. The van der Waals surface area contributed by atoms with Crippen LogP contribution in [0.2, 0.25) is 0 Å². The van der Waals surface area contributed by atoms with Gasteiger partial charge < -0.3 is 21.3 Å². The highest BCUT2D eigenvalue weighted by atomic mass is 35.5. The lowest BCUT2D eigenvalue weighted by Crippen LogP contribution is -2.42. The summed E-state index contributed by atoms with van der Waals surface area (Å²) in [4.78, 5) is 0. The number of rotatable bonds is 2. The Morgan fingerprint density at radius 1 is 0.471 bits per heavy atom. The summed E-state index contributed by atoms with van der Waals surface area (Å²) in [6.07, 6.45) is 0. The van der Waals surface area contributed by atoms with Crippen molar-refractivity contribution >= 4 is 46.4 Å². The number of hydrogen-bond acceptors (Lipinski definition) is 4. The van der Waals surface area contributed by atoms with Crippen LogP contribution in [0.15, 0.2) is 84.9 Å². The Morgan fingerprint density at radius 3 is 1.29 bits per heavy atom. The van der Waals surface area contributed by atoms with Crippen LogP contribution in [0.1, 0.15) is 23.2 Å². The molecule has 2 heterocycles. The average Bonchev–Trinajstić information content (AvgIpc) is 2.89. The van der Waals surface area contributed by atoms with Crippen molar-refractivity contribution in [1.82, 2.24) is 21.3 Å². The third-order valence-corrected chi connectivity index (χ3v) is 6.48. The van der Waals surface area contributed by atoms with Gasteiger partial charge in [-0.1, -0.05) is 84.9 Å². The molecule has 0 aliphatic carbocycles. The van der Waals surface area contributed by atoms with E-state index < -0.39 is 0 Å². The highest BCUT2D eigenvalue weighted by Crippen LogP contribution is 2.25. The van der Waals surface area contributed by atoms with Gasteiger partial charge in [-0.05, 0) is 32.7 Å². The SMILES string of the molecule is Cl.Cl.c1ccc2c(C3CNCCN3)cccc2c1.c1ccc2c(C3CNCCN3)cccc2c1. The summed E-state index contributed by atoms with van der Waals surface area (Å²) in [5, 5.41) is 19.4. The van der Waals surface area contributed by atoms with E-state index in [1.54, 1.807) is 0 Å². The first-order chi connectivity index (χ1) is 15.9. The molecule has 4 N–H and O–H groups in total. The minimum Gasteiger partial charge on any atom is -0.314 e. The van der Waals surface area contributed by atoms with E-state index in [4.69, 9.17) is 0 Å². The molecule has 0 radical (unpaired) electrons. The summed E-state index contributed by atoms with van der Waals surface area (Å²) in [7, 11) is 0. The Balaban J connectivity index is 0.000000180. The van der Waals surface area contributed by atoms with Crippen LogP contribution in [-0.4, -0.2) is 39.3 Å². The molecule has 0 aromatic heterocycles. The molecule has 4 nitrogen and oxygen atoms in total. The van der Waals surface area contributed by atoms with Gasteiger partial charge in [-0.15, -0.1) is 24.8 Å². The van der Waals surface area contributed by atoms with Crippen LogP contribution < -0.4 is 21.3 Å². The second-order valence-corrected chi connectivity index (χ2v) is 8.56. The maximum atomic E-state index is 3.57. The van der Waals surface area contributed by atoms with E-state index in [1.807, 2.05) is 0 Å². The molecule has 0 amide bonds. The molecule has 2 aliphatic heterocycles. The molecule has 0 spiro atoms. The van der Waals surface area contributed by atoms with Gasteiger partial charge in [-0.3, -0.25) is 0 Å². The highest BCUT2D eigenvalue weighted by Gasteiger charge is 2.16. The fourth-order valence-corrected chi connectivity index (χ4v) is 4.86. The second kappa shape index (κ2) is 13.1. The van der Waals surface area contributed by atoms with E-state index >= 15 is 0 Å². The minimum absolute atomic E-state index is 0. The van der Waals surface area contributed by atoms with Crippen molar-refractivity contribution in [1.29, 1.82) is 0 Å². The van der Waals surface area contributed by atoms with Crippen LogP contribution in [0.5, 0.6) is 0 Å². The van der Waals surface area contributed by atoms with Gasteiger partial charge in [0.25, 0.3) is 0 Å². The number of fused-ring (bicyclic) bond motifs is 2. The first-order valence-electron chi connectivity index (χ1n) is 11.7. The summed E-state index contributed by atoms with van der Waals surface area (Å²) in [5.41, 5.74) is 2.82. The van der Waals surface area contributed by atoms with Gasteiger partial charge in [-0.2, -0.15) is 0 Å². The van der Waals surface area contributed by atoms with Crippen molar-refractivity contribution in [3.05, 3.63) is 96.1 Å². The zero-order valence-corrected chi connectivity index (χ0v) is 20.9. The van der Waals surface area contributed by atoms with Gasteiger partial charge in [0.1, 0.15) is 0 Å². The summed E-state index contributed by atoms with van der Waals surface area (Å²) < 4.78 is 0. The smallest absolute Gasteiger partial charge is 0.0453 e. The molecular formula is C28H34Cl2N4. The average molecular weight is 498 g/mol. The van der Waals surface area contributed by atoms with E-state index in [1.165, 1.54) is 32.7 Å². The van der Waals surface area contributed by atoms with Crippen molar-refractivity contribution in [3.63, 3.8) is 0 Å². The normalized spacial score (nSPS) is 19.9. The quantitative estimate of drug-likeness (QED) is 0.315. The van der Waals surface area contributed by atoms with Gasteiger partial charge in [0.05, 0.1) is 0 Å². The summed E-state index contributed by atoms with van der Waals surface area (Å²) >= 11 is 0. The molecule has 0 bridgehead atoms. The molecule has 2 fully saturated rings. The third kappa shape index (κ3) is 6.08. The van der Waals surface area contributed by atoms with Crippen LogP contribution in [0.25, 0.3) is 21.5 Å². The van der Waals surface area contributed by atoms with Crippen LogP contribution in [0, 0.1) is 0 Å². The number of halogens is 2. The molecule has 6 heteroatoms. The molecule has 2 unspecified atom stereocenters. The van der Waals surface area contributed by atoms with Crippen molar-refractivity contribution < 1.29 is 0 Å². The molecule has 4 aromatic rings. The lowest BCUT2D eigenvalue weighted by Gasteiger charge is -2.26. The fraction of sp³-hybridized carbons (Fsp3) is 0.286. The summed E-state index contributed by atoms with van der Waals surface area (Å²) in [6.45, 7) is 6.28. The molecule has 6 rings (SSSR count). The fourth-order valence-electron chi connectivity index (χ4n) is 4.86. The maximum Gasteiger partial charge on any atom is 0.0453 e. The summed E-state index contributed by atoms with van der Waals surface area (Å²) in [5.74, 6) is 0. The highest BCUT2D eigenvalue weighted by molar-refractivity contribution is 5.87. The Hall–Kier alpha value is -2.18. The molecule has 2 atom stereocenters. The molecule has 2 aliphatic rings. The predicted octanol–water partition coefficient (Wildman–Crippen LogP) is 4.99. The van der Waals surface area contributed by atoms with E-state index in [2.05, 4.69) is 106 Å². The monoisotopic (exact) mass is 496 g/mol. The predicted molar refractivity (Wildman–Crippen MR) is 150 cm³/mol. The first kappa shape index (κ1) is 26.4. The minimum atomic E-state index is 0. The topological polar surface area (TPSA) is 48.1 Å². The van der Waals surface area contributed by atoms with Crippen LogP contribution in [-0.2, 0) is 0 Å². The van der Waals surface area contributed by atoms with Gasteiger partial charge in [0.2, 0.25) is 0 Å².